The van der Waals surface area contributed by atoms with E-state index >= 15 is 0 Å². The Balaban J connectivity index is 1.63. The molecule has 0 aliphatic carbocycles. The van der Waals surface area contributed by atoms with Gasteiger partial charge in [0.05, 0.1) is 0 Å². The normalized spacial score (nSPS) is 14.7. The summed E-state index contributed by atoms with van der Waals surface area (Å²) in [5.41, 5.74) is 1.23. The van der Waals surface area contributed by atoms with Crippen molar-refractivity contribution < 1.29 is 9.53 Å². The van der Waals surface area contributed by atoms with E-state index in [1.807, 2.05) is 17.9 Å². The van der Waals surface area contributed by atoms with E-state index in [0.717, 1.165) is 77.7 Å². The summed E-state index contributed by atoms with van der Waals surface area (Å²) in [5, 5.41) is 6.51. The summed E-state index contributed by atoms with van der Waals surface area (Å²) >= 11 is 0. The molecule has 0 spiro atoms. The minimum Gasteiger partial charge on any atom is -0.381 e. The van der Waals surface area contributed by atoms with Crippen LogP contribution in [0.5, 0.6) is 0 Å². The van der Waals surface area contributed by atoms with Crippen molar-refractivity contribution in [2.24, 2.45) is 4.99 Å². The van der Waals surface area contributed by atoms with Crippen LogP contribution in [0.4, 0.5) is 5.69 Å². The lowest BCUT2D eigenvalue weighted by Gasteiger charge is -2.36. The van der Waals surface area contributed by atoms with Gasteiger partial charge in [-0.2, -0.15) is 0 Å². The summed E-state index contributed by atoms with van der Waals surface area (Å²) in [6.07, 6.45) is 3.66. The highest BCUT2D eigenvalue weighted by Gasteiger charge is 2.20. The molecular weight excluding hydrogens is 378 g/mol. The lowest BCUT2D eigenvalue weighted by atomic mass is 10.2. The maximum absolute atomic E-state index is 12.6. The molecule has 7 heteroatoms. The number of para-hydroxylation sites is 1. The number of nitrogens with one attached hydrogen (secondary N) is 2. The van der Waals surface area contributed by atoms with E-state index in [-0.39, 0.29) is 5.91 Å². The van der Waals surface area contributed by atoms with Crippen LogP contribution in [-0.4, -0.2) is 75.8 Å². The second kappa shape index (κ2) is 14.7. The van der Waals surface area contributed by atoms with Crippen LogP contribution in [0.25, 0.3) is 0 Å². The average Bonchev–Trinajstić information content (AvgIpc) is 2.79. The first-order chi connectivity index (χ1) is 14.7. The summed E-state index contributed by atoms with van der Waals surface area (Å²) in [6.45, 7) is 11.2. The lowest BCUT2D eigenvalue weighted by Crippen LogP contribution is -2.49. The van der Waals surface area contributed by atoms with Gasteiger partial charge < -0.3 is 25.2 Å². The molecule has 1 heterocycles. The van der Waals surface area contributed by atoms with E-state index in [0.29, 0.717) is 13.0 Å². The summed E-state index contributed by atoms with van der Waals surface area (Å²) in [4.78, 5) is 21.4. The highest BCUT2D eigenvalue weighted by atomic mass is 16.5. The number of aliphatic imine (C=N–C) groups is 1. The van der Waals surface area contributed by atoms with Crippen LogP contribution < -0.4 is 15.5 Å². The first-order valence-electron chi connectivity index (χ1n) is 11.4. The smallest absolute Gasteiger partial charge is 0.224 e. The molecule has 1 amide bonds. The van der Waals surface area contributed by atoms with Crippen LogP contribution in [0.15, 0.2) is 35.3 Å². The second-order valence-electron chi connectivity index (χ2n) is 7.46. The number of anilines is 1. The Kier molecular flexibility index (Phi) is 11.7. The Morgan fingerprint density at radius 3 is 2.47 bits per heavy atom. The molecular formula is C23H39N5O2. The number of hydrogen-bond donors (Lipinski definition) is 2. The number of guanidine groups is 1. The van der Waals surface area contributed by atoms with Crippen LogP contribution >= 0.6 is 0 Å². The van der Waals surface area contributed by atoms with E-state index in [2.05, 4.69) is 51.7 Å². The molecule has 0 atom stereocenters. The van der Waals surface area contributed by atoms with E-state index in [9.17, 15) is 4.79 Å². The summed E-state index contributed by atoms with van der Waals surface area (Å²) in [6, 6.07) is 10.4. The number of carbonyl (C=O) groups excluding carboxylic acids is 1. The molecule has 0 radical (unpaired) electrons. The predicted octanol–water partition coefficient (Wildman–Crippen LogP) is 2.49. The van der Waals surface area contributed by atoms with Crippen molar-refractivity contribution in [2.45, 2.75) is 39.5 Å². The lowest BCUT2D eigenvalue weighted by molar-refractivity contribution is -0.131. The van der Waals surface area contributed by atoms with Gasteiger partial charge >= 0.3 is 0 Å². The Morgan fingerprint density at radius 2 is 1.77 bits per heavy atom. The van der Waals surface area contributed by atoms with Crippen molar-refractivity contribution in [3.05, 3.63) is 30.3 Å². The topological polar surface area (TPSA) is 69.2 Å². The molecule has 1 aromatic carbocycles. The average molecular weight is 418 g/mol. The zero-order chi connectivity index (χ0) is 21.4. The largest absolute Gasteiger partial charge is 0.381 e. The summed E-state index contributed by atoms with van der Waals surface area (Å²) < 4.78 is 5.57. The molecule has 1 fully saturated rings. The predicted molar refractivity (Wildman–Crippen MR) is 124 cm³/mol. The van der Waals surface area contributed by atoms with Gasteiger partial charge in [0.2, 0.25) is 5.91 Å². The Labute approximate surface area is 181 Å². The van der Waals surface area contributed by atoms with Gasteiger partial charge in [-0.1, -0.05) is 31.5 Å². The number of hydrogen-bond acceptors (Lipinski definition) is 4. The second-order valence-corrected chi connectivity index (χ2v) is 7.46. The van der Waals surface area contributed by atoms with Gasteiger partial charge in [-0.15, -0.1) is 0 Å². The van der Waals surface area contributed by atoms with Gasteiger partial charge in [-0.05, 0) is 31.9 Å². The number of unbranched alkanes of at least 4 members (excludes halogenated alkanes) is 1. The molecule has 7 nitrogen and oxygen atoms in total. The van der Waals surface area contributed by atoms with Crippen molar-refractivity contribution in [2.75, 3.05) is 63.9 Å². The molecule has 30 heavy (non-hydrogen) atoms. The maximum atomic E-state index is 12.6. The highest BCUT2D eigenvalue weighted by Crippen LogP contribution is 2.15. The zero-order valence-electron chi connectivity index (χ0n) is 18.7. The van der Waals surface area contributed by atoms with E-state index in [1.165, 1.54) is 5.69 Å². The number of ether oxygens (including phenoxy) is 1. The summed E-state index contributed by atoms with van der Waals surface area (Å²) in [5.74, 6) is 0.975. The molecule has 0 saturated carbocycles. The van der Waals surface area contributed by atoms with Crippen molar-refractivity contribution in [3.8, 4) is 0 Å². The molecule has 1 aliphatic rings. The first kappa shape index (κ1) is 24.0. The molecule has 1 aliphatic heterocycles. The fraction of sp³-hybridized carbons (Fsp3) is 0.652. The van der Waals surface area contributed by atoms with E-state index in [4.69, 9.17) is 4.74 Å². The molecule has 2 rings (SSSR count). The Morgan fingerprint density at radius 1 is 1.03 bits per heavy atom. The van der Waals surface area contributed by atoms with Crippen LogP contribution in [0.1, 0.15) is 39.5 Å². The van der Waals surface area contributed by atoms with Crippen molar-refractivity contribution in [1.82, 2.24) is 15.5 Å². The van der Waals surface area contributed by atoms with Gasteiger partial charge in [0, 0.05) is 71.1 Å². The molecule has 0 unspecified atom stereocenters. The molecule has 1 saturated heterocycles. The minimum absolute atomic E-state index is 0.204. The maximum Gasteiger partial charge on any atom is 0.224 e. The third-order valence-electron chi connectivity index (χ3n) is 5.09. The van der Waals surface area contributed by atoms with E-state index < -0.39 is 0 Å². The van der Waals surface area contributed by atoms with Crippen LogP contribution in [0.2, 0.25) is 0 Å². The minimum atomic E-state index is 0.204. The van der Waals surface area contributed by atoms with Crippen LogP contribution in [-0.2, 0) is 9.53 Å². The summed E-state index contributed by atoms with van der Waals surface area (Å²) in [7, 11) is 0. The fourth-order valence-electron chi connectivity index (χ4n) is 3.35. The monoisotopic (exact) mass is 417 g/mol. The van der Waals surface area contributed by atoms with Crippen molar-refractivity contribution in [1.29, 1.82) is 0 Å². The molecule has 168 valence electrons. The van der Waals surface area contributed by atoms with Gasteiger partial charge in [0.15, 0.2) is 5.96 Å². The number of carbonyl (C=O) groups is 1. The van der Waals surface area contributed by atoms with Crippen molar-refractivity contribution in [3.63, 3.8) is 0 Å². The van der Waals surface area contributed by atoms with E-state index in [1.54, 1.807) is 0 Å². The molecule has 0 aromatic heterocycles. The molecule has 1 aromatic rings. The third-order valence-corrected chi connectivity index (χ3v) is 5.09. The molecule has 2 N–H and O–H groups in total. The number of benzene rings is 1. The SMILES string of the molecule is CCCCOCCCN=C(NCC)NCCC(=O)N1CCN(c2ccccc2)CC1. The zero-order valence-corrected chi connectivity index (χ0v) is 18.7. The third kappa shape index (κ3) is 9.03. The van der Waals surface area contributed by atoms with Gasteiger partial charge in [0.25, 0.3) is 0 Å². The first-order valence-corrected chi connectivity index (χ1v) is 11.4. The van der Waals surface area contributed by atoms with Gasteiger partial charge in [-0.25, -0.2) is 0 Å². The Bertz CT molecular complexity index is 615. The quantitative estimate of drug-likeness (QED) is 0.311. The fourth-order valence-corrected chi connectivity index (χ4v) is 3.35. The number of amides is 1. The molecule has 0 bridgehead atoms. The highest BCUT2D eigenvalue weighted by molar-refractivity contribution is 5.81. The van der Waals surface area contributed by atoms with Gasteiger partial charge in [0.1, 0.15) is 0 Å². The standard InChI is InChI=1S/C23H39N5O2/c1-3-5-19-30-20-9-13-25-23(24-4-2)26-14-12-22(29)28-17-15-27(16-18-28)21-10-7-6-8-11-21/h6-8,10-11H,3-5,9,12-20H2,1-2H3,(H2,24,25,26). The number of piperazine rings is 1. The number of rotatable bonds is 12. The van der Waals surface area contributed by atoms with Crippen LogP contribution in [0.3, 0.4) is 0 Å². The Hall–Kier alpha value is -2.28. The van der Waals surface area contributed by atoms with Gasteiger partial charge in [-0.3, -0.25) is 9.79 Å². The van der Waals surface area contributed by atoms with Crippen molar-refractivity contribution >= 4 is 17.6 Å². The number of nitrogens with zero attached hydrogens (tertiary/aromatic N) is 3. The van der Waals surface area contributed by atoms with Crippen LogP contribution in [0, 0.1) is 0 Å².